The van der Waals surface area contributed by atoms with E-state index in [1.807, 2.05) is 13.0 Å². The summed E-state index contributed by atoms with van der Waals surface area (Å²) >= 11 is 1.60. The normalized spacial score (nSPS) is 19.6. The molecular formula is C21H27N3OS. The van der Waals surface area contributed by atoms with Gasteiger partial charge in [-0.2, -0.15) is 0 Å². The first-order valence-electron chi connectivity index (χ1n) is 8.57. The Morgan fingerprint density at radius 2 is 2.23 bits per heavy atom. The molecule has 0 fully saturated rings. The minimum atomic E-state index is 0.0497. The number of Topliss-reactive ketones (excluding diaryl/α,β-unsaturated/α-hetero) is 1. The predicted molar refractivity (Wildman–Crippen MR) is 113 cm³/mol. The number of thioether (sulfide) groups is 1. The number of rotatable bonds is 7. The molecule has 3 N–H and O–H groups in total. The van der Waals surface area contributed by atoms with Crippen molar-refractivity contribution in [2.24, 2.45) is 16.6 Å². The van der Waals surface area contributed by atoms with Gasteiger partial charge in [0.1, 0.15) is 0 Å². The van der Waals surface area contributed by atoms with Crippen LogP contribution in [0.1, 0.15) is 47.0 Å². The number of hydrogen-bond donors (Lipinski definition) is 2. The van der Waals surface area contributed by atoms with Crippen molar-refractivity contribution < 1.29 is 4.79 Å². The lowest BCUT2D eigenvalue weighted by Crippen LogP contribution is -2.04. The third-order valence-corrected chi connectivity index (χ3v) is 5.81. The van der Waals surface area contributed by atoms with Crippen LogP contribution in [0.25, 0.3) is 0 Å². The van der Waals surface area contributed by atoms with Crippen molar-refractivity contribution in [2.75, 3.05) is 0 Å². The second kappa shape index (κ2) is 10.6. The molecule has 1 atom stereocenters. The number of aliphatic imine (C=N–C) groups is 1. The molecule has 0 heterocycles. The van der Waals surface area contributed by atoms with E-state index in [2.05, 4.69) is 24.9 Å². The molecule has 26 heavy (non-hydrogen) atoms. The van der Waals surface area contributed by atoms with E-state index in [1.165, 1.54) is 11.8 Å². The Morgan fingerprint density at radius 1 is 1.54 bits per heavy atom. The number of carbonyl (C=O) groups is 1. The maximum Gasteiger partial charge on any atom is 0.156 e. The van der Waals surface area contributed by atoms with E-state index in [0.717, 1.165) is 27.4 Å². The minimum absolute atomic E-state index is 0.0497. The molecule has 0 radical (unpaired) electrons. The number of hydrogen-bond acceptors (Lipinski definition) is 5. The van der Waals surface area contributed by atoms with Gasteiger partial charge in [-0.1, -0.05) is 36.8 Å². The van der Waals surface area contributed by atoms with Crippen LogP contribution in [0.15, 0.2) is 49.4 Å². The number of ketones is 1. The summed E-state index contributed by atoms with van der Waals surface area (Å²) < 4.78 is 0. The largest absolute Gasteiger partial charge is 0.402 e. The maximum atomic E-state index is 12.2. The fourth-order valence-corrected chi connectivity index (χ4v) is 3.99. The van der Waals surface area contributed by atoms with Crippen LogP contribution in [0.4, 0.5) is 0 Å². The minimum Gasteiger partial charge on any atom is -0.402 e. The molecule has 0 saturated carbocycles. The van der Waals surface area contributed by atoms with Gasteiger partial charge in [-0.25, -0.2) is 4.99 Å². The van der Waals surface area contributed by atoms with Gasteiger partial charge < -0.3 is 11.1 Å². The van der Waals surface area contributed by atoms with Crippen molar-refractivity contribution in [1.29, 1.82) is 5.41 Å². The lowest BCUT2D eigenvalue weighted by Gasteiger charge is -2.17. The highest BCUT2D eigenvalue weighted by Crippen LogP contribution is 2.42. The van der Waals surface area contributed by atoms with Gasteiger partial charge in [-0.3, -0.25) is 4.79 Å². The Kier molecular flexibility index (Phi) is 8.87. The fourth-order valence-electron chi connectivity index (χ4n) is 2.72. The molecule has 0 aromatic rings. The molecule has 1 rings (SSSR count). The van der Waals surface area contributed by atoms with E-state index in [9.17, 15) is 4.79 Å². The van der Waals surface area contributed by atoms with Gasteiger partial charge in [0, 0.05) is 46.6 Å². The third kappa shape index (κ3) is 5.89. The molecule has 0 bridgehead atoms. The van der Waals surface area contributed by atoms with E-state index in [-0.39, 0.29) is 5.78 Å². The number of nitrogens with zero attached hydrogens (tertiary/aromatic N) is 1. The van der Waals surface area contributed by atoms with E-state index in [0.29, 0.717) is 24.5 Å². The van der Waals surface area contributed by atoms with Crippen LogP contribution in [0.3, 0.4) is 0 Å². The molecule has 0 saturated heterocycles. The average Bonchev–Trinajstić information content (AvgIpc) is 2.71. The molecule has 1 aliphatic carbocycles. The highest BCUT2D eigenvalue weighted by atomic mass is 32.2. The summed E-state index contributed by atoms with van der Waals surface area (Å²) in [6, 6.07) is 2.28. The lowest BCUT2D eigenvalue weighted by atomic mass is 9.97. The fraction of sp³-hybridized carbons (Fsp3) is 0.381. The highest BCUT2D eigenvalue weighted by molar-refractivity contribution is 8.07. The van der Waals surface area contributed by atoms with Crippen molar-refractivity contribution >= 4 is 30.0 Å². The van der Waals surface area contributed by atoms with Crippen molar-refractivity contribution in [3.05, 3.63) is 44.4 Å². The number of allylic oxidation sites excluding steroid dienone is 6. The van der Waals surface area contributed by atoms with Crippen LogP contribution < -0.4 is 5.73 Å². The van der Waals surface area contributed by atoms with Gasteiger partial charge >= 0.3 is 0 Å². The molecule has 0 aromatic heterocycles. The maximum absolute atomic E-state index is 12.2. The Labute approximate surface area is 160 Å². The molecule has 138 valence electrons. The first-order valence-corrected chi connectivity index (χ1v) is 9.39. The van der Waals surface area contributed by atoms with Crippen LogP contribution in [0.2, 0.25) is 0 Å². The van der Waals surface area contributed by atoms with Crippen LogP contribution in [-0.4, -0.2) is 18.2 Å². The summed E-state index contributed by atoms with van der Waals surface area (Å²) in [6.07, 6.45) is 13.9. The molecular weight excluding hydrogens is 342 g/mol. The first kappa shape index (κ1) is 21.7. The number of carbonyl (C=O) groups excluding carboxylic acids is 1. The Hall–Kier alpha value is -2.32. The zero-order valence-corrected chi connectivity index (χ0v) is 16.7. The van der Waals surface area contributed by atoms with Gasteiger partial charge in [-0.05, 0) is 50.5 Å². The Balaban J connectivity index is 3.44. The standard InChI is InChI=1S/C21H27N3OS/c1-6-18(12-17(23)10-11-22)26-21-15(4)14(3)8-9-19(16(5)25)20(21)13-24-7-2/h2,6,10-11,13-14,22H,8-9,12,23H2,1,3-5H3/b17-10?,18-6+,22-11?,24-13?. The van der Waals surface area contributed by atoms with Crippen LogP contribution in [-0.2, 0) is 4.79 Å². The van der Waals surface area contributed by atoms with Gasteiger partial charge in [0.25, 0.3) is 0 Å². The second-order valence-electron chi connectivity index (χ2n) is 6.23. The van der Waals surface area contributed by atoms with Gasteiger partial charge in [0.05, 0.1) is 0 Å². The summed E-state index contributed by atoms with van der Waals surface area (Å²) in [5.41, 5.74) is 9.40. The van der Waals surface area contributed by atoms with Crippen LogP contribution >= 0.6 is 11.8 Å². The average molecular weight is 370 g/mol. The highest BCUT2D eigenvalue weighted by Gasteiger charge is 2.24. The summed E-state index contributed by atoms with van der Waals surface area (Å²) in [7, 11) is 0. The van der Waals surface area contributed by atoms with Gasteiger partial charge in [0.15, 0.2) is 5.78 Å². The predicted octanol–water partition coefficient (Wildman–Crippen LogP) is 4.76. The topological polar surface area (TPSA) is 79.3 Å². The van der Waals surface area contributed by atoms with Crippen LogP contribution in [0, 0.1) is 23.8 Å². The number of nitrogens with one attached hydrogen (secondary N) is 1. The monoisotopic (exact) mass is 369 g/mol. The van der Waals surface area contributed by atoms with E-state index < -0.39 is 0 Å². The summed E-state index contributed by atoms with van der Waals surface area (Å²) in [4.78, 5) is 18.3. The zero-order chi connectivity index (χ0) is 19.7. The molecule has 4 nitrogen and oxygen atoms in total. The molecule has 1 unspecified atom stereocenters. The van der Waals surface area contributed by atoms with Gasteiger partial charge in [-0.15, -0.1) is 0 Å². The smallest absolute Gasteiger partial charge is 0.156 e. The molecule has 0 amide bonds. The quantitative estimate of drug-likeness (QED) is 0.502. The van der Waals surface area contributed by atoms with Crippen molar-refractivity contribution in [1.82, 2.24) is 0 Å². The second-order valence-corrected chi connectivity index (χ2v) is 7.37. The first-order chi connectivity index (χ1) is 12.3. The van der Waals surface area contributed by atoms with Crippen molar-refractivity contribution in [3.8, 4) is 12.5 Å². The zero-order valence-electron chi connectivity index (χ0n) is 15.9. The van der Waals surface area contributed by atoms with E-state index in [1.54, 1.807) is 31.0 Å². The summed E-state index contributed by atoms with van der Waals surface area (Å²) in [5, 5.41) is 7.16. The Morgan fingerprint density at radius 3 is 2.77 bits per heavy atom. The molecule has 5 heteroatoms. The van der Waals surface area contributed by atoms with E-state index in [4.69, 9.17) is 17.6 Å². The number of nitrogens with two attached hydrogens (primary N) is 1. The van der Waals surface area contributed by atoms with Crippen molar-refractivity contribution in [3.63, 3.8) is 0 Å². The SMILES string of the molecule is C#CN=CC1=C(C(C)=O)CCC(C)C(C)=C1S/C(=C/C)CC(N)=CC=N. The van der Waals surface area contributed by atoms with Crippen molar-refractivity contribution in [2.45, 2.75) is 47.0 Å². The molecule has 0 spiro atoms. The van der Waals surface area contributed by atoms with Crippen LogP contribution in [0.5, 0.6) is 0 Å². The third-order valence-electron chi connectivity index (χ3n) is 4.42. The molecule has 0 aliphatic heterocycles. The molecule has 1 aliphatic rings. The summed E-state index contributed by atoms with van der Waals surface area (Å²) in [5.74, 6) is 0.407. The number of terminal acetylenes is 1. The Bertz CT molecular complexity index is 761. The summed E-state index contributed by atoms with van der Waals surface area (Å²) in [6.45, 7) is 7.83. The van der Waals surface area contributed by atoms with Gasteiger partial charge in [0.2, 0.25) is 0 Å². The lowest BCUT2D eigenvalue weighted by molar-refractivity contribution is -0.113. The molecule has 0 aromatic carbocycles. The van der Waals surface area contributed by atoms with E-state index >= 15 is 0 Å².